The molecule has 0 spiro atoms. The fraction of sp³-hybridized carbons (Fsp3) is 0.385. The minimum Gasteiger partial charge on any atom is -0.497 e. The van der Waals surface area contributed by atoms with Gasteiger partial charge in [0.1, 0.15) is 17.1 Å². The van der Waals surface area contributed by atoms with Gasteiger partial charge in [-0.25, -0.2) is 0 Å². The van der Waals surface area contributed by atoms with E-state index in [9.17, 15) is 0 Å². The Labute approximate surface area is 110 Å². The molecule has 0 bridgehead atoms. The zero-order valence-corrected chi connectivity index (χ0v) is 11.4. The number of ether oxygens (including phenoxy) is 1. The minimum atomic E-state index is -0.116. The van der Waals surface area contributed by atoms with Gasteiger partial charge in [0.25, 0.3) is 5.78 Å². The smallest absolute Gasteiger partial charge is 0.274 e. The van der Waals surface area contributed by atoms with Crippen molar-refractivity contribution in [3.05, 3.63) is 24.0 Å². The average molecular weight is 257 g/mol. The summed E-state index contributed by atoms with van der Waals surface area (Å²) in [6.07, 6.45) is 0. The number of methoxy groups -OCH3 is 1. The minimum absolute atomic E-state index is 0.116. The second-order valence-electron chi connectivity index (χ2n) is 5.46. The summed E-state index contributed by atoms with van der Waals surface area (Å²) in [6, 6.07) is 5.71. The summed E-state index contributed by atoms with van der Waals surface area (Å²) >= 11 is 0. The third-order valence-electron chi connectivity index (χ3n) is 2.99. The maximum absolute atomic E-state index is 5.21. The van der Waals surface area contributed by atoms with E-state index in [0.29, 0.717) is 5.78 Å². The predicted molar refractivity (Wildman–Crippen MR) is 71.3 cm³/mol. The molecule has 1 aromatic carbocycles. The Balaban J connectivity index is 2.41. The Morgan fingerprint density at radius 2 is 1.79 bits per heavy atom. The Bertz CT molecular complexity index is 757. The van der Waals surface area contributed by atoms with Gasteiger partial charge in [-0.3, -0.25) is 4.40 Å². The third-order valence-corrected chi connectivity index (χ3v) is 2.99. The van der Waals surface area contributed by atoms with Crippen molar-refractivity contribution >= 4 is 16.8 Å². The molecule has 6 heteroatoms. The Morgan fingerprint density at radius 1 is 1.05 bits per heavy atom. The molecular weight excluding hydrogens is 242 g/mol. The van der Waals surface area contributed by atoms with Crippen LogP contribution in [0.3, 0.4) is 0 Å². The van der Waals surface area contributed by atoms with Crippen LogP contribution in [0, 0.1) is 0 Å². The van der Waals surface area contributed by atoms with E-state index >= 15 is 0 Å². The Morgan fingerprint density at radius 3 is 2.47 bits per heavy atom. The topological polar surface area (TPSA) is 65.2 Å². The molecule has 2 heterocycles. The number of hydrogen-bond donors (Lipinski definition) is 0. The van der Waals surface area contributed by atoms with E-state index in [1.165, 1.54) is 0 Å². The monoisotopic (exact) mass is 257 g/mol. The van der Waals surface area contributed by atoms with Crippen LogP contribution in [0.15, 0.2) is 18.2 Å². The van der Waals surface area contributed by atoms with Crippen LogP contribution in [0.5, 0.6) is 5.75 Å². The number of rotatable bonds is 1. The zero-order chi connectivity index (χ0) is 13.6. The molecule has 3 aromatic rings. The molecule has 0 unspecified atom stereocenters. The summed E-state index contributed by atoms with van der Waals surface area (Å²) in [4.78, 5) is 0. The summed E-state index contributed by atoms with van der Waals surface area (Å²) in [7, 11) is 1.63. The lowest BCUT2D eigenvalue weighted by atomic mass is 9.96. The molecule has 2 aromatic heterocycles. The van der Waals surface area contributed by atoms with Crippen LogP contribution in [0.25, 0.3) is 16.8 Å². The van der Waals surface area contributed by atoms with Gasteiger partial charge < -0.3 is 4.74 Å². The van der Waals surface area contributed by atoms with Crippen LogP contribution < -0.4 is 4.74 Å². The Hall–Kier alpha value is -2.24. The molecule has 6 nitrogen and oxygen atoms in total. The molecule has 98 valence electrons. The fourth-order valence-corrected chi connectivity index (χ4v) is 2.05. The molecule has 0 N–H and O–H groups in total. The number of aromatic nitrogens is 5. The van der Waals surface area contributed by atoms with E-state index in [-0.39, 0.29) is 5.41 Å². The molecule has 0 aliphatic rings. The van der Waals surface area contributed by atoms with Gasteiger partial charge in [-0.2, -0.15) is 0 Å². The largest absolute Gasteiger partial charge is 0.497 e. The molecule has 0 saturated carbocycles. The van der Waals surface area contributed by atoms with Gasteiger partial charge in [-0.05, 0) is 12.1 Å². The fourth-order valence-electron chi connectivity index (χ4n) is 2.05. The predicted octanol–water partition coefficient (Wildman–Crippen LogP) is 1.98. The SMILES string of the molecule is COc1ccc2c(c1)nnc1nnc(C(C)(C)C)n12. The van der Waals surface area contributed by atoms with Gasteiger partial charge in [0.15, 0.2) is 0 Å². The summed E-state index contributed by atoms with van der Waals surface area (Å²) in [5.41, 5.74) is 1.58. The molecular formula is C13H15N5O. The van der Waals surface area contributed by atoms with Crippen LogP contribution in [0.1, 0.15) is 26.6 Å². The molecule has 0 saturated heterocycles. The van der Waals surface area contributed by atoms with Gasteiger partial charge in [0.05, 0.1) is 12.6 Å². The van der Waals surface area contributed by atoms with Crippen molar-refractivity contribution in [2.75, 3.05) is 7.11 Å². The normalized spacial score (nSPS) is 12.2. The van der Waals surface area contributed by atoms with Crippen molar-refractivity contribution < 1.29 is 4.74 Å². The van der Waals surface area contributed by atoms with Crippen LogP contribution in [-0.4, -0.2) is 31.9 Å². The van der Waals surface area contributed by atoms with E-state index < -0.39 is 0 Å². The highest BCUT2D eigenvalue weighted by Crippen LogP contribution is 2.25. The van der Waals surface area contributed by atoms with Gasteiger partial charge in [0, 0.05) is 11.5 Å². The lowest BCUT2D eigenvalue weighted by Gasteiger charge is -2.16. The van der Waals surface area contributed by atoms with Gasteiger partial charge in [-0.15, -0.1) is 20.4 Å². The van der Waals surface area contributed by atoms with E-state index in [2.05, 4.69) is 41.2 Å². The molecule has 0 radical (unpaired) electrons. The van der Waals surface area contributed by atoms with Crippen LogP contribution in [0.4, 0.5) is 0 Å². The second kappa shape index (κ2) is 3.88. The first-order valence-corrected chi connectivity index (χ1v) is 6.07. The van der Waals surface area contributed by atoms with Gasteiger partial charge in [-0.1, -0.05) is 20.8 Å². The molecule has 19 heavy (non-hydrogen) atoms. The quantitative estimate of drug-likeness (QED) is 0.667. The van der Waals surface area contributed by atoms with E-state index in [0.717, 1.165) is 22.6 Å². The second-order valence-corrected chi connectivity index (χ2v) is 5.46. The highest BCUT2D eigenvalue weighted by Gasteiger charge is 2.22. The maximum Gasteiger partial charge on any atom is 0.274 e. The average Bonchev–Trinajstić information content (AvgIpc) is 2.81. The van der Waals surface area contributed by atoms with Gasteiger partial charge in [0.2, 0.25) is 0 Å². The van der Waals surface area contributed by atoms with E-state index in [1.807, 2.05) is 22.6 Å². The molecule has 0 fully saturated rings. The first-order chi connectivity index (χ1) is 9.00. The van der Waals surface area contributed by atoms with Crippen molar-refractivity contribution in [1.29, 1.82) is 0 Å². The van der Waals surface area contributed by atoms with Crippen molar-refractivity contribution in [2.24, 2.45) is 0 Å². The van der Waals surface area contributed by atoms with E-state index in [4.69, 9.17) is 4.74 Å². The highest BCUT2D eigenvalue weighted by molar-refractivity contribution is 5.78. The first-order valence-electron chi connectivity index (χ1n) is 6.07. The summed E-state index contributed by atoms with van der Waals surface area (Å²) < 4.78 is 7.15. The summed E-state index contributed by atoms with van der Waals surface area (Å²) in [5, 5.41) is 16.6. The molecule has 0 aliphatic carbocycles. The maximum atomic E-state index is 5.21. The van der Waals surface area contributed by atoms with Crippen molar-refractivity contribution in [1.82, 2.24) is 24.8 Å². The van der Waals surface area contributed by atoms with Crippen LogP contribution in [-0.2, 0) is 5.41 Å². The summed E-state index contributed by atoms with van der Waals surface area (Å²) in [5.74, 6) is 2.14. The lowest BCUT2D eigenvalue weighted by molar-refractivity contribution is 0.415. The van der Waals surface area contributed by atoms with Crippen molar-refractivity contribution in [2.45, 2.75) is 26.2 Å². The first kappa shape index (κ1) is 11.8. The molecule has 3 rings (SSSR count). The summed E-state index contributed by atoms with van der Waals surface area (Å²) in [6.45, 7) is 6.29. The van der Waals surface area contributed by atoms with E-state index in [1.54, 1.807) is 7.11 Å². The number of benzene rings is 1. The van der Waals surface area contributed by atoms with Gasteiger partial charge >= 0.3 is 0 Å². The molecule has 0 aliphatic heterocycles. The zero-order valence-electron chi connectivity index (χ0n) is 11.4. The third kappa shape index (κ3) is 1.80. The van der Waals surface area contributed by atoms with Crippen molar-refractivity contribution in [3.8, 4) is 5.75 Å². The molecule has 0 amide bonds. The molecule has 0 atom stereocenters. The lowest BCUT2D eigenvalue weighted by Crippen LogP contribution is -2.16. The van der Waals surface area contributed by atoms with Crippen molar-refractivity contribution in [3.63, 3.8) is 0 Å². The standard InChI is InChI=1S/C13H15N5O/c1-13(2,3)11-15-17-12-16-14-9-7-8(19-4)5-6-10(9)18(11)12/h5-7H,1-4H3. The van der Waals surface area contributed by atoms with Crippen LogP contribution >= 0.6 is 0 Å². The number of nitrogens with zero attached hydrogens (tertiary/aromatic N) is 5. The highest BCUT2D eigenvalue weighted by atomic mass is 16.5. The number of fused-ring (bicyclic) bond motifs is 3. The Kier molecular flexibility index (Phi) is 2.41. The van der Waals surface area contributed by atoms with Crippen LogP contribution in [0.2, 0.25) is 0 Å². The number of hydrogen-bond acceptors (Lipinski definition) is 5.